The van der Waals surface area contributed by atoms with Gasteiger partial charge in [0.25, 0.3) is 10.0 Å². The van der Waals surface area contributed by atoms with E-state index in [4.69, 9.17) is 0 Å². The molecule has 3 N–H and O–H groups in total. The minimum absolute atomic E-state index is 0.00764. The molecule has 0 aliphatic heterocycles. The number of benzene rings is 2. The summed E-state index contributed by atoms with van der Waals surface area (Å²) in [5.74, 6) is -0.0994. The van der Waals surface area contributed by atoms with E-state index in [0.29, 0.717) is 28.4 Å². The zero-order chi connectivity index (χ0) is 23.4. The highest BCUT2D eigenvalue weighted by molar-refractivity contribution is 7.92. The monoisotopic (exact) mass is 486 g/mol. The molecule has 2 amide bonds. The van der Waals surface area contributed by atoms with E-state index >= 15 is 0 Å². The number of aromatic nitrogens is 1. The van der Waals surface area contributed by atoms with Gasteiger partial charge in [0, 0.05) is 18.0 Å². The molecule has 0 atom stereocenters. The van der Waals surface area contributed by atoms with Crippen LogP contribution in [0.25, 0.3) is 10.2 Å². The second kappa shape index (κ2) is 9.88. The van der Waals surface area contributed by atoms with E-state index in [1.807, 2.05) is 0 Å². The van der Waals surface area contributed by atoms with E-state index in [2.05, 4.69) is 20.3 Å². The Kier molecular flexibility index (Phi) is 6.94. The van der Waals surface area contributed by atoms with Crippen LogP contribution in [0.3, 0.4) is 0 Å². The SMILES string of the molecule is CCC(=O)Nc1ccc(S(=O)(=O)Nc2ccc3sc(NC(=O)C4CCCCC4)nc3c2)cc1. The number of hydrogen-bond acceptors (Lipinski definition) is 6. The molecule has 1 aliphatic carbocycles. The summed E-state index contributed by atoms with van der Waals surface area (Å²) in [5.41, 5.74) is 1.52. The van der Waals surface area contributed by atoms with Gasteiger partial charge in [-0.1, -0.05) is 37.5 Å². The van der Waals surface area contributed by atoms with E-state index in [1.54, 1.807) is 37.3 Å². The van der Waals surface area contributed by atoms with Crippen molar-refractivity contribution in [2.45, 2.75) is 50.3 Å². The number of rotatable bonds is 7. The van der Waals surface area contributed by atoms with E-state index < -0.39 is 10.0 Å². The lowest BCUT2D eigenvalue weighted by molar-refractivity contribution is -0.120. The molecule has 0 unspecified atom stereocenters. The number of carbonyl (C=O) groups excluding carboxylic acids is 2. The fraction of sp³-hybridized carbons (Fsp3) is 0.348. The van der Waals surface area contributed by atoms with Crippen molar-refractivity contribution in [2.24, 2.45) is 5.92 Å². The van der Waals surface area contributed by atoms with E-state index in [9.17, 15) is 18.0 Å². The number of fused-ring (bicyclic) bond motifs is 1. The maximum atomic E-state index is 12.8. The summed E-state index contributed by atoms with van der Waals surface area (Å²) in [7, 11) is -3.82. The van der Waals surface area contributed by atoms with E-state index in [0.717, 1.165) is 30.4 Å². The van der Waals surface area contributed by atoms with Crippen LogP contribution in [0.4, 0.5) is 16.5 Å². The van der Waals surface area contributed by atoms with Crippen molar-refractivity contribution in [3.63, 3.8) is 0 Å². The van der Waals surface area contributed by atoms with Gasteiger partial charge in [-0.25, -0.2) is 13.4 Å². The van der Waals surface area contributed by atoms with Crippen LogP contribution < -0.4 is 15.4 Å². The zero-order valence-corrected chi connectivity index (χ0v) is 19.9. The Bertz CT molecular complexity index is 1260. The van der Waals surface area contributed by atoms with Gasteiger partial charge >= 0.3 is 0 Å². The fourth-order valence-electron chi connectivity index (χ4n) is 3.80. The first-order valence-corrected chi connectivity index (χ1v) is 13.3. The van der Waals surface area contributed by atoms with Gasteiger partial charge < -0.3 is 10.6 Å². The third kappa shape index (κ3) is 5.69. The van der Waals surface area contributed by atoms with Crippen molar-refractivity contribution < 1.29 is 18.0 Å². The second-order valence-electron chi connectivity index (χ2n) is 8.06. The van der Waals surface area contributed by atoms with Crippen LogP contribution in [0.15, 0.2) is 47.4 Å². The van der Waals surface area contributed by atoms with Crippen molar-refractivity contribution >= 4 is 59.9 Å². The molecular weight excluding hydrogens is 460 g/mol. The quantitative estimate of drug-likeness (QED) is 0.436. The average Bonchev–Trinajstić information content (AvgIpc) is 3.21. The molecule has 1 fully saturated rings. The standard InChI is InChI=1S/C23H26N4O4S2/c1-2-21(28)24-16-8-11-18(12-9-16)33(30,31)27-17-10-13-20-19(14-17)25-23(32-20)26-22(29)15-6-4-3-5-7-15/h8-15,27H,2-7H2,1H3,(H,24,28)(H,25,26,29). The molecule has 1 heterocycles. The Balaban J connectivity index is 1.45. The van der Waals surface area contributed by atoms with Crippen LogP contribution in [0.5, 0.6) is 0 Å². The lowest BCUT2D eigenvalue weighted by Gasteiger charge is -2.19. The lowest BCUT2D eigenvalue weighted by Crippen LogP contribution is -2.24. The predicted molar refractivity (Wildman–Crippen MR) is 131 cm³/mol. The minimum Gasteiger partial charge on any atom is -0.326 e. The van der Waals surface area contributed by atoms with Gasteiger partial charge in [-0.05, 0) is 55.3 Å². The molecule has 33 heavy (non-hydrogen) atoms. The number of anilines is 3. The summed E-state index contributed by atoms with van der Waals surface area (Å²) < 4.78 is 29.0. The maximum absolute atomic E-state index is 12.8. The normalized spacial score (nSPS) is 14.7. The van der Waals surface area contributed by atoms with E-state index in [-0.39, 0.29) is 22.6 Å². The van der Waals surface area contributed by atoms with Gasteiger partial charge in [-0.15, -0.1) is 0 Å². The van der Waals surface area contributed by atoms with E-state index in [1.165, 1.54) is 29.9 Å². The smallest absolute Gasteiger partial charge is 0.261 e. The number of carbonyl (C=O) groups is 2. The van der Waals surface area contributed by atoms with Crippen LogP contribution in [0.1, 0.15) is 45.4 Å². The van der Waals surface area contributed by atoms with Gasteiger partial charge in [0.1, 0.15) is 0 Å². The Morgan fingerprint density at radius 2 is 1.70 bits per heavy atom. The van der Waals surface area contributed by atoms with Crippen molar-refractivity contribution in [2.75, 3.05) is 15.4 Å². The predicted octanol–water partition coefficient (Wildman–Crippen LogP) is 4.96. The largest absolute Gasteiger partial charge is 0.326 e. The van der Waals surface area contributed by atoms with Crippen LogP contribution in [-0.2, 0) is 19.6 Å². The molecule has 10 heteroatoms. The number of hydrogen-bond donors (Lipinski definition) is 3. The van der Waals surface area contributed by atoms with Crippen molar-refractivity contribution in [3.05, 3.63) is 42.5 Å². The molecule has 0 spiro atoms. The molecule has 174 valence electrons. The van der Waals surface area contributed by atoms with Gasteiger partial charge in [0.2, 0.25) is 11.8 Å². The summed E-state index contributed by atoms with van der Waals surface area (Å²) in [4.78, 5) is 28.5. The molecule has 3 aromatic rings. The molecule has 1 aliphatic rings. The first-order chi connectivity index (χ1) is 15.8. The fourth-order valence-corrected chi connectivity index (χ4v) is 5.70. The highest BCUT2D eigenvalue weighted by atomic mass is 32.2. The van der Waals surface area contributed by atoms with Gasteiger partial charge in [0.05, 0.1) is 20.8 Å². The first kappa shape index (κ1) is 23.2. The molecule has 1 aromatic heterocycles. The molecular formula is C23H26N4O4S2. The van der Waals surface area contributed by atoms with Crippen LogP contribution in [-0.4, -0.2) is 25.2 Å². The Labute approximate surface area is 196 Å². The van der Waals surface area contributed by atoms with Crippen LogP contribution in [0.2, 0.25) is 0 Å². The van der Waals surface area contributed by atoms with Gasteiger partial charge in [-0.3, -0.25) is 14.3 Å². The average molecular weight is 487 g/mol. The Morgan fingerprint density at radius 1 is 1.00 bits per heavy atom. The number of amides is 2. The number of nitrogens with one attached hydrogen (secondary N) is 3. The van der Waals surface area contributed by atoms with Crippen molar-refractivity contribution in [3.8, 4) is 0 Å². The first-order valence-electron chi connectivity index (χ1n) is 11.0. The minimum atomic E-state index is -3.82. The molecule has 0 radical (unpaired) electrons. The summed E-state index contributed by atoms with van der Waals surface area (Å²) in [6, 6.07) is 11.1. The van der Waals surface area contributed by atoms with Crippen molar-refractivity contribution in [1.82, 2.24) is 4.98 Å². The molecule has 4 rings (SSSR count). The lowest BCUT2D eigenvalue weighted by atomic mass is 9.89. The summed E-state index contributed by atoms with van der Waals surface area (Å²) in [5, 5.41) is 6.12. The molecule has 0 saturated heterocycles. The second-order valence-corrected chi connectivity index (χ2v) is 10.8. The number of nitrogens with zero attached hydrogens (tertiary/aromatic N) is 1. The van der Waals surface area contributed by atoms with Crippen molar-refractivity contribution in [1.29, 1.82) is 0 Å². The zero-order valence-electron chi connectivity index (χ0n) is 18.3. The number of thiazole rings is 1. The molecule has 0 bridgehead atoms. The highest BCUT2D eigenvalue weighted by Crippen LogP contribution is 2.31. The third-order valence-electron chi connectivity index (χ3n) is 5.62. The Hall–Kier alpha value is -2.98. The molecule has 2 aromatic carbocycles. The van der Waals surface area contributed by atoms with Crippen LogP contribution >= 0.6 is 11.3 Å². The highest BCUT2D eigenvalue weighted by Gasteiger charge is 2.22. The maximum Gasteiger partial charge on any atom is 0.261 e. The van der Waals surface area contributed by atoms with Gasteiger partial charge in [0.15, 0.2) is 5.13 Å². The third-order valence-corrected chi connectivity index (χ3v) is 7.96. The van der Waals surface area contributed by atoms with Crippen LogP contribution in [0, 0.1) is 5.92 Å². The molecule has 8 nitrogen and oxygen atoms in total. The summed E-state index contributed by atoms with van der Waals surface area (Å²) in [6.45, 7) is 1.74. The molecule has 1 saturated carbocycles. The number of sulfonamides is 1. The topological polar surface area (TPSA) is 117 Å². The summed E-state index contributed by atoms with van der Waals surface area (Å²) in [6.07, 6.45) is 5.51. The van der Waals surface area contributed by atoms with Gasteiger partial charge in [-0.2, -0.15) is 0 Å². The Morgan fingerprint density at radius 3 is 2.39 bits per heavy atom. The summed E-state index contributed by atoms with van der Waals surface area (Å²) >= 11 is 1.37.